The summed E-state index contributed by atoms with van der Waals surface area (Å²) in [5.74, 6) is 2.35. The number of rotatable bonds is 11. The van der Waals surface area contributed by atoms with Crippen molar-refractivity contribution in [1.82, 2.24) is 19.9 Å². The van der Waals surface area contributed by atoms with Crippen LogP contribution in [-0.2, 0) is 9.53 Å². The molecule has 216 valence electrons. The van der Waals surface area contributed by atoms with Crippen LogP contribution < -0.4 is 25.1 Å². The Balaban J connectivity index is 1.27. The van der Waals surface area contributed by atoms with Crippen LogP contribution in [0.1, 0.15) is 31.7 Å². The van der Waals surface area contributed by atoms with Gasteiger partial charge in [0.25, 0.3) is 5.91 Å². The van der Waals surface area contributed by atoms with Crippen molar-refractivity contribution in [3.8, 4) is 11.5 Å². The van der Waals surface area contributed by atoms with Crippen LogP contribution in [0.5, 0.6) is 11.5 Å². The maximum absolute atomic E-state index is 12.5. The minimum Gasteiger partial charge on any atom is -0.490 e. The van der Waals surface area contributed by atoms with Gasteiger partial charge in [-0.2, -0.15) is 20.1 Å². The predicted molar refractivity (Wildman–Crippen MR) is 157 cm³/mol. The third-order valence-electron chi connectivity index (χ3n) is 6.65. The van der Waals surface area contributed by atoms with Crippen molar-refractivity contribution in [2.75, 3.05) is 68.2 Å². The lowest BCUT2D eigenvalue weighted by Crippen LogP contribution is -2.43. The Bertz CT molecular complexity index is 1310. The monoisotopic (exact) mass is 560 g/mol. The van der Waals surface area contributed by atoms with E-state index in [1.165, 1.54) is 6.42 Å². The Morgan fingerprint density at radius 3 is 2.51 bits per heavy atom. The van der Waals surface area contributed by atoms with E-state index in [0.29, 0.717) is 62.3 Å². The van der Waals surface area contributed by atoms with Crippen LogP contribution in [0.3, 0.4) is 0 Å². The van der Waals surface area contributed by atoms with E-state index in [2.05, 4.69) is 35.7 Å². The largest absolute Gasteiger partial charge is 0.490 e. The fourth-order valence-electron chi connectivity index (χ4n) is 4.56. The van der Waals surface area contributed by atoms with Crippen LogP contribution in [0.15, 0.2) is 53.6 Å². The van der Waals surface area contributed by atoms with Gasteiger partial charge in [0.15, 0.2) is 18.1 Å². The third-order valence-corrected chi connectivity index (χ3v) is 6.65. The Kier molecular flexibility index (Phi) is 9.77. The average Bonchev–Trinajstić information content (AvgIpc) is 3.02. The molecule has 1 aromatic heterocycles. The molecule has 0 spiro atoms. The number of hydrazone groups is 1. The highest BCUT2D eigenvalue weighted by atomic mass is 16.5. The second-order valence-corrected chi connectivity index (χ2v) is 9.61. The summed E-state index contributed by atoms with van der Waals surface area (Å²) in [4.78, 5) is 30.2. The first-order chi connectivity index (χ1) is 20.2. The van der Waals surface area contributed by atoms with Gasteiger partial charge in [-0.15, -0.1) is 0 Å². The molecule has 2 N–H and O–H groups in total. The van der Waals surface area contributed by atoms with Gasteiger partial charge >= 0.3 is 0 Å². The summed E-state index contributed by atoms with van der Waals surface area (Å²) in [6, 6.07) is 15.2. The van der Waals surface area contributed by atoms with E-state index < -0.39 is 0 Å². The molecule has 5 rings (SSSR count). The van der Waals surface area contributed by atoms with E-state index in [0.717, 1.165) is 37.2 Å². The number of hydrogen-bond donors (Lipinski definition) is 2. The zero-order valence-corrected chi connectivity index (χ0v) is 23.3. The van der Waals surface area contributed by atoms with E-state index in [1.807, 2.05) is 49.4 Å². The Labute approximate surface area is 239 Å². The normalized spacial score (nSPS) is 15.5. The number of carbonyl (C=O) groups is 1. The Morgan fingerprint density at radius 1 is 0.951 bits per heavy atom. The molecule has 2 aromatic carbocycles. The zero-order valence-electron chi connectivity index (χ0n) is 23.3. The number of nitrogens with one attached hydrogen (secondary N) is 2. The number of aromatic nitrogens is 3. The number of amides is 1. The predicted octanol–water partition coefficient (Wildman–Crippen LogP) is 3.69. The van der Waals surface area contributed by atoms with Gasteiger partial charge in [-0.25, -0.2) is 5.43 Å². The third kappa shape index (κ3) is 8.04. The van der Waals surface area contributed by atoms with Crippen molar-refractivity contribution in [3.63, 3.8) is 0 Å². The fraction of sp³-hybridized carbons (Fsp3) is 0.414. The van der Waals surface area contributed by atoms with Crippen molar-refractivity contribution in [2.45, 2.75) is 26.2 Å². The first kappa shape index (κ1) is 28.1. The second-order valence-electron chi connectivity index (χ2n) is 9.61. The number of nitrogens with zero attached hydrogens (tertiary/aromatic N) is 6. The number of ether oxygens (including phenoxy) is 3. The molecule has 12 nitrogen and oxygen atoms in total. The molecule has 0 saturated carbocycles. The molecule has 0 radical (unpaired) electrons. The molecule has 12 heteroatoms. The van der Waals surface area contributed by atoms with Crippen LogP contribution in [0.2, 0.25) is 0 Å². The van der Waals surface area contributed by atoms with Gasteiger partial charge in [-0.05, 0) is 62.1 Å². The highest BCUT2D eigenvalue weighted by molar-refractivity contribution is 5.81. The standard InChI is InChI=1S/C29H36N8O4/c1-2-40-25-19-22(11-12-24(25)41-21-26(38)36-15-17-39-18-16-36)20-30-35-28-32-27(31-23-9-5-3-6-10-23)33-29(34-28)37-13-7-4-8-14-37/h3,5-6,9-12,19-20H,2,4,7-8,13-18,21H2,1H3,(H2,31,32,33,34,35)/b30-20+. The van der Waals surface area contributed by atoms with Crippen LogP contribution >= 0.6 is 0 Å². The summed E-state index contributed by atoms with van der Waals surface area (Å²) in [5.41, 5.74) is 4.61. The van der Waals surface area contributed by atoms with E-state index in [-0.39, 0.29) is 12.5 Å². The van der Waals surface area contributed by atoms with Gasteiger partial charge in [0.1, 0.15) is 0 Å². The number of anilines is 4. The van der Waals surface area contributed by atoms with Gasteiger partial charge in [0.2, 0.25) is 17.8 Å². The molecule has 2 aliphatic rings. The van der Waals surface area contributed by atoms with Gasteiger partial charge in [0, 0.05) is 31.9 Å². The molecule has 3 heterocycles. The summed E-state index contributed by atoms with van der Waals surface area (Å²) >= 11 is 0. The molecular formula is C29H36N8O4. The van der Waals surface area contributed by atoms with Crippen LogP contribution in [0, 0.1) is 0 Å². The molecule has 2 fully saturated rings. The minimum absolute atomic E-state index is 0.0624. The van der Waals surface area contributed by atoms with Gasteiger partial charge in [-0.3, -0.25) is 4.79 Å². The maximum atomic E-state index is 12.5. The van der Waals surface area contributed by atoms with Crippen molar-refractivity contribution in [3.05, 3.63) is 54.1 Å². The fourth-order valence-corrected chi connectivity index (χ4v) is 4.56. The summed E-state index contributed by atoms with van der Waals surface area (Å²) in [6.07, 6.45) is 5.08. The van der Waals surface area contributed by atoms with Gasteiger partial charge in [0.05, 0.1) is 26.0 Å². The highest BCUT2D eigenvalue weighted by Crippen LogP contribution is 2.28. The Morgan fingerprint density at radius 2 is 1.73 bits per heavy atom. The van der Waals surface area contributed by atoms with Crippen molar-refractivity contribution >= 4 is 35.7 Å². The highest BCUT2D eigenvalue weighted by Gasteiger charge is 2.19. The minimum atomic E-state index is -0.0759. The molecule has 2 aliphatic heterocycles. The van der Waals surface area contributed by atoms with Crippen molar-refractivity contribution in [2.24, 2.45) is 5.10 Å². The number of para-hydroxylation sites is 1. The smallest absolute Gasteiger partial charge is 0.260 e. The lowest BCUT2D eigenvalue weighted by molar-refractivity contribution is -0.137. The first-order valence-electron chi connectivity index (χ1n) is 14.1. The summed E-state index contributed by atoms with van der Waals surface area (Å²) < 4.78 is 16.9. The lowest BCUT2D eigenvalue weighted by atomic mass is 10.1. The van der Waals surface area contributed by atoms with E-state index in [4.69, 9.17) is 14.2 Å². The van der Waals surface area contributed by atoms with E-state index in [9.17, 15) is 4.79 Å². The van der Waals surface area contributed by atoms with E-state index in [1.54, 1.807) is 17.2 Å². The first-order valence-corrected chi connectivity index (χ1v) is 14.1. The molecular weight excluding hydrogens is 524 g/mol. The zero-order chi connectivity index (χ0) is 28.3. The molecule has 0 bridgehead atoms. The van der Waals surface area contributed by atoms with Gasteiger partial charge < -0.3 is 29.3 Å². The molecule has 2 saturated heterocycles. The Hall–Kier alpha value is -4.45. The van der Waals surface area contributed by atoms with Gasteiger partial charge in [-0.1, -0.05) is 18.2 Å². The van der Waals surface area contributed by atoms with Crippen LogP contribution in [0.4, 0.5) is 23.5 Å². The topological polar surface area (TPSA) is 126 Å². The number of morpholine rings is 1. The average molecular weight is 561 g/mol. The quantitative estimate of drug-likeness (QED) is 0.265. The summed E-state index contributed by atoms with van der Waals surface area (Å²) in [7, 11) is 0. The number of carbonyl (C=O) groups excluding carboxylic acids is 1. The molecule has 0 unspecified atom stereocenters. The van der Waals surface area contributed by atoms with Crippen LogP contribution in [-0.4, -0.2) is 84.6 Å². The molecule has 0 atom stereocenters. The SMILES string of the molecule is CCOc1cc(/C=N/Nc2nc(Nc3ccccc3)nc(N3CCCCC3)n2)ccc1OCC(=O)N1CCOCC1. The molecule has 41 heavy (non-hydrogen) atoms. The van der Waals surface area contributed by atoms with Crippen LogP contribution in [0.25, 0.3) is 0 Å². The summed E-state index contributed by atoms with van der Waals surface area (Å²) in [5, 5.41) is 7.63. The number of hydrogen-bond acceptors (Lipinski definition) is 11. The van der Waals surface area contributed by atoms with Crippen molar-refractivity contribution in [1.29, 1.82) is 0 Å². The maximum Gasteiger partial charge on any atom is 0.260 e. The second kappa shape index (κ2) is 14.3. The number of benzene rings is 2. The summed E-state index contributed by atoms with van der Waals surface area (Å²) in [6.45, 7) is 6.35. The van der Waals surface area contributed by atoms with Crippen molar-refractivity contribution < 1.29 is 19.0 Å². The molecule has 0 aliphatic carbocycles. The lowest BCUT2D eigenvalue weighted by Gasteiger charge is -2.26. The molecule has 3 aromatic rings. The molecule has 1 amide bonds. The van der Waals surface area contributed by atoms with E-state index >= 15 is 0 Å². The number of piperidine rings is 1.